The van der Waals surface area contributed by atoms with E-state index in [1.165, 1.54) is 23.5 Å². The molecule has 0 fully saturated rings. The van der Waals surface area contributed by atoms with Gasteiger partial charge in [0.05, 0.1) is 14.9 Å². The van der Waals surface area contributed by atoms with Crippen molar-refractivity contribution >= 4 is 56.2 Å². The normalized spacial score (nSPS) is 10.8. The highest BCUT2D eigenvalue weighted by molar-refractivity contribution is 7.20. The predicted molar refractivity (Wildman–Crippen MR) is 87.9 cm³/mol. The Morgan fingerprint density at radius 2 is 1.76 bits per heavy atom. The summed E-state index contributed by atoms with van der Waals surface area (Å²) in [4.78, 5) is 12.8. The van der Waals surface area contributed by atoms with Crippen LogP contribution in [0, 0.1) is 0 Å². The van der Waals surface area contributed by atoms with Gasteiger partial charge in [0.1, 0.15) is 0 Å². The number of halogens is 2. The first kappa shape index (κ1) is 14.2. The molecule has 0 aliphatic rings. The number of benzene rings is 2. The largest absolute Gasteiger partial charge is 0.505 e. The van der Waals surface area contributed by atoms with Gasteiger partial charge >= 0.3 is 0 Å². The lowest BCUT2D eigenvalue weighted by molar-refractivity contribution is 0.103. The van der Waals surface area contributed by atoms with E-state index in [0.29, 0.717) is 10.6 Å². The maximum Gasteiger partial charge on any atom is 0.265 e. The third-order valence-corrected chi connectivity index (χ3v) is 4.62. The van der Waals surface area contributed by atoms with Crippen LogP contribution in [-0.2, 0) is 0 Å². The second-order valence-corrected chi connectivity index (χ2v) is 6.29. The molecule has 2 aromatic carbocycles. The molecule has 0 aliphatic heterocycles. The van der Waals surface area contributed by atoms with E-state index in [-0.39, 0.29) is 21.7 Å². The number of phenolic OH excluding ortho intramolecular Hbond substituents is 1. The van der Waals surface area contributed by atoms with Crippen LogP contribution in [0.25, 0.3) is 10.1 Å². The number of rotatable bonds is 2. The van der Waals surface area contributed by atoms with Gasteiger partial charge in [0.25, 0.3) is 5.91 Å². The lowest BCUT2D eigenvalue weighted by Crippen LogP contribution is -2.09. The number of hydrogen-bond acceptors (Lipinski definition) is 3. The van der Waals surface area contributed by atoms with Crippen molar-refractivity contribution in [2.45, 2.75) is 0 Å². The fourth-order valence-electron chi connectivity index (χ4n) is 1.92. The molecule has 6 heteroatoms. The van der Waals surface area contributed by atoms with Gasteiger partial charge in [-0.15, -0.1) is 11.3 Å². The van der Waals surface area contributed by atoms with E-state index in [2.05, 4.69) is 5.32 Å². The number of anilines is 1. The van der Waals surface area contributed by atoms with Gasteiger partial charge in [0, 0.05) is 10.4 Å². The third-order valence-electron chi connectivity index (χ3n) is 2.92. The molecule has 0 saturated carbocycles. The minimum Gasteiger partial charge on any atom is -0.505 e. The lowest BCUT2D eigenvalue weighted by atomic mass is 10.2. The Hall–Kier alpha value is -1.75. The number of nitrogens with one attached hydrogen (secondary N) is 1. The van der Waals surface area contributed by atoms with E-state index in [0.717, 1.165) is 10.1 Å². The molecule has 1 heterocycles. The molecule has 106 valence electrons. The molecule has 0 unspecified atom stereocenters. The molecule has 0 atom stereocenters. The topological polar surface area (TPSA) is 49.3 Å². The Morgan fingerprint density at radius 1 is 1.10 bits per heavy atom. The van der Waals surface area contributed by atoms with Crippen LogP contribution >= 0.6 is 34.5 Å². The zero-order valence-corrected chi connectivity index (χ0v) is 12.9. The van der Waals surface area contributed by atoms with Gasteiger partial charge in [0.15, 0.2) is 5.75 Å². The van der Waals surface area contributed by atoms with Crippen LogP contribution in [0.3, 0.4) is 0 Å². The van der Waals surface area contributed by atoms with E-state index in [1.807, 2.05) is 30.3 Å². The van der Waals surface area contributed by atoms with E-state index in [9.17, 15) is 9.90 Å². The first-order chi connectivity index (χ1) is 10.0. The number of hydrogen-bond donors (Lipinski definition) is 2. The van der Waals surface area contributed by atoms with E-state index < -0.39 is 0 Å². The highest BCUT2D eigenvalue weighted by atomic mass is 35.5. The van der Waals surface area contributed by atoms with E-state index in [1.54, 1.807) is 0 Å². The number of carbonyl (C=O) groups excluding carboxylic acids is 1. The summed E-state index contributed by atoms with van der Waals surface area (Å²) < 4.78 is 1.05. The fourth-order valence-corrected chi connectivity index (χ4v) is 3.37. The number of thiophene rings is 1. The molecule has 1 amide bonds. The lowest BCUT2D eigenvalue weighted by Gasteiger charge is -2.06. The molecular formula is C15H9Cl2NO2S. The van der Waals surface area contributed by atoms with Gasteiger partial charge in [-0.25, -0.2) is 0 Å². The Morgan fingerprint density at radius 3 is 2.43 bits per heavy atom. The van der Waals surface area contributed by atoms with Crippen LogP contribution in [0.2, 0.25) is 10.0 Å². The maximum absolute atomic E-state index is 12.2. The van der Waals surface area contributed by atoms with Gasteiger partial charge in [-0.05, 0) is 29.7 Å². The SMILES string of the molecule is O=C(Nc1cc(Cl)c(O)c(Cl)c1)c1cc2ccccc2s1. The second-order valence-electron chi connectivity index (χ2n) is 4.39. The number of fused-ring (bicyclic) bond motifs is 1. The molecule has 21 heavy (non-hydrogen) atoms. The number of amides is 1. The summed E-state index contributed by atoms with van der Waals surface area (Å²) in [6.45, 7) is 0. The Balaban J connectivity index is 1.89. The van der Waals surface area contributed by atoms with Crippen LogP contribution in [0.1, 0.15) is 9.67 Å². The van der Waals surface area contributed by atoms with Gasteiger partial charge in [0.2, 0.25) is 0 Å². The second kappa shape index (κ2) is 5.56. The summed E-state index contributed by atoms with van der Waals surface area (Å²) in [6, 6.07) is 12.5. The first-order valence-corrected chi connectivity index (χ1v) is 7.60. The van der Waals surface area contributed by atoms with Gasteiger partial charge in [-0.3, -0.25) is 4.79 Å². The molecule has 1 aromatic heterocycles. The van der Waals surface area contributed by atoms with Gasteiger partial charge in [-0.1, -0.05) is 41.4 Å². The molecule has 3 aromatic rings. The van der Waals surface area contributed by atoms with Crippen LogP contribution in [-0.4, -0.2) is 11.0 Å². The van der Waals surface area contributed by atoms with Gasteiger partial charge < -0.3 is 10.4 Å². The molecule has 0 aliphatic carbocycles. The summed E-state index contributed by atoms with van der Waals surface area (Å²) >= 11 is 13.1. The summed E-state index contributed by atoms with van der Waals surface area (Å²) in [5.41, 5.74) is 0.435. The zero-order valence-electron chi connectivity index (χ0n) is 10.6. The smallest absolute Gasteiger partial charge is 0.265 e. The average molecular weight is 338 g/mol. The highest BCUT2D eigenvalue weighted by Crippen LogP contribution is 2.35. The summed E-state index contributed by atoms with van der Waals surface area (Å²) in [5.74, 6) is -0.438. The molecule has 3 nitrogen and oxygen atoms in total. The van der Waals surface area contributed by atoms with Crippen molar-refractivity contribution in [2.24, 2.45) is 0 Å². The van der Waals surface area contributed by atoms with E-state index in [4.69, 9.17) is 23.2 Å². The van der Waals surface area contributed by atoms with E-state index >= 15 is 0 Å². The number of aromatic hydroxyl groups is 1. The summed E-state index contributed by atoms with van der Waals surface area (Å²) in [7, 11) is 0. The molecule has 0 saturated heterocycles. The molecule has 3 rings (SSSR count). The predicted octanol–water partition coefficient (Wildman–Crippen LogP) is 5.17. The fraction of sp³-hybridized carbons (Fsp3) is 0. The zero-order chi connectivity index (χ0) is 15.0. The molecule has 0 radical (unpaired) electrons. The van der Waals surface area contributed by atoms with Crippen molar-refractivity contribution in [3.05, 3.63) is 57.4 Å². The molecular weight excluding hydrogens is 329 g/mol. The standard InChI is InChI=1S/C15H9Cl2NO2S/c16-10-6-9(7-11(17)14(10)19)18-15(20)13-5-8-3-1-2-4-12(8)21-13/h1-7,19H,(H,18,20). The first-order valence-electron chi connectivity index (χ1n) is 6.02. The van der Waals surface area contributed by atoms with Crippen molar-refractivity contribution < 1.29 is 9.90 Å². The molecule has 0 spiro atoms. The van der Waals surface area contributed by atoms with Crippen molar-refractivity contribution in [3.8, 4) is 5.75 Å². The van der Waals surface area contributed by atoms with Crippen LogP contribution in [0.5, 0.6) is 5.75 Å². The minimum absolute atomic E-state index is 0.0918. The molecule has 2 N–H and O–H groups in total. The van der Waals surface area contributed by atoms with Crippen LogP contribution in [0.4, 0.5) is 5.69 Å². The van der Waals surface area contributed by atoms with Crippen LogP contribution in [0.15, 0.2) is 42.5 Å². The Kier molecular flexibility index (Phi) is 3.76. The van der Waals surface area contributed by atoms with Crippen LogP contribution < -0.4 is 5.32 Å². The summed E-state index contributed by atoms with van der Waals surface area (Å²) in [6.07, 6.45) is 0. The number of phenols is 1. The van der Waals surface area contributed by atoms with Crippen molar-refractivity contribution in [3.63, 3.8) is 0 Å². The highest BCUT2D eigenvalue weighted by Gasteiger charge is 2.13. The quantitative estimate of drug-likeness (QED) is 0.634. The number of carbonyl (C=O) groups is 1. The van der Waals surface area contributed by atoms with Crippen molar-refractivity contribution in [1.29, 1.82) is 0 Å². The molecule has 0 bridgehead atoms. The van der Waals surface area contributed by atoms with Crippen molar-refractivity contribution in [1.82, 2.24) is 0 Å². The third kappa shape index (κ3) is 2.83. The minimum atomic E-state index is -0.242. The Labute approximate surface area is 134 Å². The maximum atomic E-state index is 12.2. The monoisotopic (exact) mass is 337 g/mol. The Bertz CT molecular complexity index is 789. The van der Waals surface area contributed by atoms with Crippen molar-refractivity contribution in [2.75, 3.05) is 5.32 Å². The summed E-state index contributed by atoms with van der Waals surface area (Å²) in [5, 5.41) is 13.4. The van der Waals surface area contributed by atoms with Gasteiger partial charge in [-0.2, -0.15) is 0 Å². The average Bonchev–Trinajstić information content (AvgIpc) is 2.88.